The number of nitrogens with zero attached hydrogens (tertiary/aromatic N) is 1. The summed E-state index contributed by atoms with van der Waals surface area (Å²) in [6, 6.07) is 9.72. The molecule has 1 N–H and O–H groups in total. The fraction of sp³-hybridized carbons (Fsp3) is 0.300. The van der Waals surface area contributed by atoms with E-state index in [0.29, 0.717) is 33.5 Å². The molecule has 0 bridgehead atoms. The molecule has 0 saturated heterocycles. The van der Waals surface area contributed by atoms with Crippen LogP contribution in [-0.4, -0.2) is 17.0 Å². The standard InChI is InChI=1S/C20H17ClN2O2/c21-14-10-15(22-11-6-2-1-3-7-11)16-17-18(14)23-25-20(17)13-9-5-4-8-12(13)19(16)24/h4-5,8-11,22H,1-3,6-7H2. The van der Waals surface area contributed by atoms with Gasteiger partial charge in [-0.05, 0) is 18.9 Å². The molecule has 0 atom stereocenters. The van der Waals surface area contributed by atoms with Crippen LogP contribution in [0, 0.1) is 0 Å². The number of halogens is 1. The van der Waals surface area contributed by atoms with Gasteiger partial charge in [-0.2, -0.15) is 0 Å². The summed E-state index contributed by atoms with van der Waals surface area (Å²) in [7, 11) is 0. The topological polar surface area (TPSA) is 55.1 Å². The maximum atomic E-state index is 13.2. The van der Waals surface area contributed by atoms with Crippen molar-refractivity contribution in [3.63, 3.8) is 0 Å². The molecule has 5 heteroatoms. The number of rotatable bonds is 2. The van der Waals surface area contributed by atoms with Crippen molar-refractivity contribution in [2.24, 2.45) is 0 Å². The molecule has 126 valence electrons. The molecule has 2 aliphatic rings. The summed E-state index contributed by atoms with van der Waals surface area (Å²) >= 11 is 6.45. The Morgan fingerprint density at radius 3 is 2.68 bits per heavy atom. The summed E-state index contributed by atoms with van der Waals surface area (Å²) in [5.74, 6) is 0.640. The van der Waals surface area contributed by atoms with Crippen LogP contribution in [0.5, 0.6) is 0 Å². The monoisotopic (exact) mass is 352 g/mol. The smallest absolute Gasteiger partial charge is 0.196 e. The lowest BCUT2D eigenvalue weighted by Gasteiger charge is -2.26. The van der Waals surface area contributed by atoms with E-state index in [9.17, 15) is 4.79 Å². The van der Waals surface area contributed by atoms with E-state index in [1.165, 1.54) is 19.3 Å². The molecule has 3 aromatic rings. The molecule has 1 saturated carbocycles. The van der Waals surface area contributed by atoms with Crippen LogP contribution < -0.4 is 5.32 Å². The molecular formula is C20H17ClN2O2. The molecule has 4 nitrogen and oxygen atoms in total. The molecule has 25 heavy (non-hydrogen) atoms. The van der Waals surface area contributed by atoms with Gasteiger partial charge in [0.2, 0.25) is 0 Å². The van der Waals surface area contributed by atoms with Gasteiger partial charge < -0.3 is 9.84 Å². The van der Waals surface area contributed by atoms with Crippen molar-refractivity contribution in [1.82, 2.24) is 5.16 Å². The lowest BCUT2D eigenvalue weighted by atomic mass is 9.86. The highest BCUT2D eigenvalue weighted by molar-refractivity contribution is 6.38. The van der Waals surface area contributed by atoms with E-state index in [0.717, 1.165) is 29.5 Å². The number of benzene rings is 2. The Morgan fingerprint density at radius 2 is 1.88 bits per heavy atom. The number of carbonyl (C=O) groups excluding carboxylic acids is 1. The van der Waals surface area contributed by atoms with Crippen molar-refractivity contribution in [2.45, 2.75) is 38.1 Å². The molecule has 0 unspecified atom stereocenters. The fourth-order valence-corrected chi connectivity index (χ4v) is 4.34. The third-order valence-electron chi connectivity index (χ3n) is 5.32. The largest absolute Gasteiger partial charge is 0.382 e. The Balaban J connectivity index is 1.74. The number of hydrogen-bond donors (Lipinski definition) is 1. The van der Waals surface area contributed by atoms with Crippen LogP contribution in [0.25, 0.3) is 22.2 Å². The predicted octanol–water partition coefficient (Wildman–Crippen LogP) is 5.44. The molecule has 2 aromatic carbocycles. The van der Waals surface area contributed by atoms with Crippen molar-refractivity contribution in [2.75, 3.05) is 5.32 Å². The minimum atomic E-state index is 0.00581. The van der Waals surface area contributed by atoms with E-state index in [2.05, 4.69) is 10.5 Å². The maximum Gasteiger partial charge on any atom is 0.196 e. The zero-order valence-electron chi connectivity index (χ0n) is 13.6. The van der Waals surface area contributed by atoms with Crippen molar-refractivity contribution in [3.05, 3.63) is 46.5 Å². The van der Waals surface area contributed by atoms with Gasteiger partial charge in [0.1, 0.15) is 5.52 Å². The fourth-order valence-electron chi connectivity index (χ4n) is 4.10. The molecule has 1 fully saturated rings. The summed E-state index contributed by atoms with van der Waals surface area (Å²) in [6.07, 6.45) is 5.97. The minimum Gasteiger partial charge on any atom is -0.382 e. The van der Waals surface area contributed by atoms with Gasteiger partial charge in [-0.15, -0.1) is 0 Å². The van der Waals surface area contributed by atoms with E-state index in [1.807, 2.05) is 30.3 Å². The molecule has 1 heterocycles. The Labute approximate surface area is 150 Å². The number of anilines is 1. The zero-order chi connectivity index (χ0) is 17.0. The molecule has 0 aliphatic heterocycles. The van der Waals surface area contributed by atoms with Gasteiger partial charge in [-0.3, -0.25) is 4.79 Å². The SMILES string of the molecule is O=C1c2ccccc2-c2onc3c(Cl)cc(NC4CCCCC4)c1c23. The summed E-state index contributed by atoms with van der Waals surface area (Å²) in [6.45, 7) is 0. The molecule has 5 rings (SSSR count). The van der Waals surface area contributed by atoms with Crippen LogP contribution in [0.2, 0.25) is 5.02 Å². The van der Waals surface area contributed by atoms with E-state index in [-0.39, 0.29) is 5.78 Å². The second-order valence-corrected chi connectivity index (χ2v) is 7.28. The maximum absolute atomic E-state index is 13.2. The van der Waals surface area contributed by atoms with Crippen molar-refractivity contribution in [3.8, 4) is 11.3 Å². The Hall–Kier alpha value is -2.33. The normalized spacial score (nSPS) is 16.9. The van der Waals surface area contributed by atoms with Crippen molar-refractivity contribution in [1.29, 1.82) is 0 Å². The lowest BCUT2D eigenvalue weighted by molar-refractivity contribution is 0.104. The van der Waals surface area contributed by atoms with Crippen LogP contribution in [0.1, 0.15) is 48.0 Å². The van der Waals surface area contributed by atoms with Crippen LogP contribution in [0.15, 0.2) is 34.9 Å². The molecule has 0 spiro atoms. The van der Waals surface area contributed by atoms with Gasteiger partial charge in [0, 0.05) is 22.9 Å². The van der Waals surface area contributed by atoms with E-state index in [1.54, 1.807) is 0 Å². The first kappa shape index (κ1) is 15.0. The highest BCUT2D eigenvalue weighted by Crippen LogP contribution is 2.45. The third-order valence-corrected chi connectivity index (χ3v) is 5.60. The number of ketones is 1. The molecule has 0 amide bonds. The van der Waals surface area contributed by atoms with Gasteiger partial charge >= 0.3 is 0 Å². The van der Waals surface area contributed by atoms with E-state index >= 15 is 0 Å². The zero-order valence-corrected chi connectivity index (χ0v) is 14.4. The highest BCUT2D eigenvalue weighted by Gasteiger charge is 2.33. The third kappa shape index (κ3) is 2.20. The Bertz CT molecular complexity index is 1000. The van der Waals surface area contributed by atoms with E-state index in [4.69, 9.17) is 16.1 Å². The van der Waals surface area contributed by atoms with E-state index < -0.39 is 0 Å². The number of carbonyl (C=O) groups is 1. The van der Waals surface area contributed by atoms with Gasteiger partial charge in [-0.25, -0.2) is 0 Å². The molecule has 0 radical (unpaired) electrons. The minimum absolute atomic E-state index is 0.00581. The first-order chi connectivity index (χ1) is 12.2. The molecule has 1 aromatic heterocycles. The van der Waals surface area contributed by atoms with Crippen LogP contribution in [0.3, 0.4) is 0 Å². The second-order valence-electron chi connectivity index (χ2n) is 6.87. The first-order valence-electron chi connectivity index (χ1n) is 8.76. The van der Waals surface area contributed by atoms with Crippen LogP contribution in [-0.2, 0) is 0 Å². The van der Waals surface area contributed by atoms with Gasteiger partial charge in [0.25, 0.3) is 0 Å². The Morgan fingerprint density at radius 1 is 1.12 bits per heavy atom. The van der Waals surface area contributed by atoms with Crippen LogP contribution >= 0.6 is 11.6 Å². The summed E-state index contributed by atoms with van der Waals surface area (Å²) in [4.78, 5) is 13.2. The number of nitrogens with one attached hydrogen (secondary N) is 1. The number of hydrogen-bond acceptors (Lipinski definition) is 4. The number of fused-ring (bicyclic) bond motifs is 2. The molecular weight excluding hydrogens is 336 g/mol. The Kier molecular flexibility index (Phi) is 3.35. The summed E-state index contributed by atoms with van der Waals surface area (Å²) < 4.78 is 5.58. The first-order valence-corrected chi connectivity index (χ1v) is 9.14. The van der Waals surface area contributed by atoms with Crippen LogP contribution in [0.4, 0.5) is 5.69 Å². The van der Waals surface area contributed by atoms with Gasteiger partial charge in [0.15, 0.2) is 11.5 Å². The predicted molar refractivity (Wildman–Crippen MR) is 98.4 cm³/mol. The summed E-state index contributed by atoms with van der Waals surface area (Å²) in [5, 5.41) is 8.94. The quantitative estimate of drug-likeness (QED) is 0.522. The van der Waals surface area contributed by atoms with Gasteiger partial charge in [-0.1, -0.05) is 60.3 Å². The highest BCUT2D eigenvalue weighted by atomic mass is 35.5. The van der Waals surface area contributed by atoms with Gasteiger partial charge in [0.05, 0.1) is 16.0 Å². The molecule has 2 aliphatic carbocycles. The average molecular weight is 353 g/mol. The van der Waals surface area contributed by atoms with Crippen molar-refractivity contribution < 1.29 is 9.32 Å². The summed E-state index contributed by atoms with van der Waals surface area (Å²) in [5.41, 5.74) is 3.44. The van der Waals surface area contributed by atoms with Crippen molar-refractivity contribution >= 4 is 34.0 Å². The lowest BCUT2D eigenvalue weighted by Crippen LogP contribution is -2.24. The number of aromatic nitrogens is 1. The second kappa shape index (κ2) is 5.60. The average Bonchev–Trinajstić information content (AvgIpc) is 3.08.